The van der Waals surface area contributed by atoms with Gasteiger partial charge in [0.2, 0.25) is 5.91 Å². The lowest BCUT2D eigenvalue weighted by atomic mass is 9.91. The van der Waals surface area contributed by atoms with E-state index in [0.29, 0.717) is 6.54 Å². The van der Waals surface area contributed by atoms with Crippen molar-refractivity contribution in [3.05, 3.63) is 11.6 Å². The molecule has 0 N–H and O–H groups in total. The van der Waals surface area contributed by atoms with Gasteiger partial charge in [-0.1, -0.05) is 6.92 Å². The maximum Gasteiger partial charge on any atom is 0.228 e. The van der Waals surface area contributed by atoms with Crippen LogP contribution < -0.4 is 0 Å². The lowest BCUT2D eigenvalue weighted by Crippen LogP contribution is -2.46. The average Bonchev–Trinajstić information content (AvgIpc) is 2.85. The number of aryl methyl sites for hydroxylation is 1. The summed E-state index contributed by atoms with van der Waals surface area (Å²) >= 11 is 0. The van der Waals surface area contributed by atoms with Gasteiger partial charge in [0.05, 0.1) is 25.1 Å². The molecule has 0 unspecified atom stereocenters. The van der Waals surface area contributed by atoms with E-state index in [4.69, 9.17) is 4.74 Å². The molecule has 0 aliphatic carbocycles. The van der Waals surface area contributed by atoms with Crippen LogP contribution in [0, 0.1) is 12.8 Å². The Kier molecular flexibility index (Phi) is 3.74. The van der Waals surface area contributed by atoms with Crippen LogP contribution in [0.5, 0.6) is 0 Å². The Morgan fingerprint density at radius 2 is 2.30 bits per heavy atom. The molecule has 6 heteroatoms. The van der Waals surface area contributed by atoms with Crippen LogP contribution in [0.4, 0.5) is 0 Å². The molecule has 0 radical (unpaired) electrons. The van der Waals surface area contributed by atoms with Crippen LogP contribution >= 0.6 is 0 Å². The predicted molar refractivity (Wildman–Crippen MR) is 72.9 cm³/mol. The molecule has 3 rings (SSSR count). The van der Waals surface area contributed by atoms with Crippen LogP contribution in [-0.2, 0) is 22.6 Å². The monoisotopic (exact) mass is 278 g/mol. The summed E-state index contributed by atoms with van der Waals surface area (Å²) in [6.07, 6.45) is 2.91. The van der Waals surface area contributed by atoms with Crippen molar-refractivity contribution in [2.24, 2.45) is 5.92 Å². The third-order valence-electron chi connectivity index (χ3n) is 4.24. The summed E-state index contributed by atoms with van der Waals surface area (Å²) in [5.41, 5.74) is 0. The lowest BCUT2D eigenvalue weighted by Gasteiger charge is -2.35. The normalized spacial score (nSPS) is 26.4. The minimum absolute atomic E-state index is 0.0179. The summed E-state index contributed by atoms with van der Waals surface area (Å²) < 4.78 is 7.66. The van der Waals surface area contributed by atoms with Gasteiger partial charge >= 0.3 is 0 Å². The summed E-state index contributed by atoms with van der Waals surface area (Å²) in [5.74, 6) is 1.92. The Balaban J connectivity index is 1.71. The largest absolute Gasteiger partial charge is 0.377 e. The first-order valence-corrected chi connectivity index (χ1v) is 7.49. The topological polar surface area (TPSA) is 60.2 Å². The number of nitrogens with zero attached hydrogens (tertiary/aromatic N) is 4. The van der Waals surface area contributed by atoms with E-state index in [1.165, 1.54) is 0 Å². The van der Waals surface area contributed by atoms with Gasteiger partial charge in [-0.3, -0.25) is 4.79 Å². The van der Waals surface area contributed by atoms with E-state index in [-0.39, 0.29) is 17.9 Å². The molecule has 110 valence electrons. The zero-order valence-corrected chi connectivity index (χ0v) is 12.2. The molecule has 2 aliphatic rings. The summed E-state index contributed by atoms with van der Waals surface area (Å²) in [4.78, 5) is 19.0. The van der Waals surface area contributed by atoms with Gasteiger partial charge in [0.15, 0.2) is 0 Å². The van der Waals surface area contributed by atoms with Crippen LogP contribution in [0.15, 0.2) is 0 Å². The molecule has 1 amide bonds. The quantitative estimate of drug-likeness (QED) is 0.814. The summed E-state index contributed by atoms with van der Waals surface area (Å²) in [6, 6.07) is 0. The number of carbonyl (C=O) groups is 1. The number of hydrogen-bond donors (Lipinski definition) is 0. The average molecular weight is 278 g/mol. The number of rotatable bonds is 2. The Bertz CT molecular complexity index is 499. The first-order valence-electron chi connectivity index (χ1n) is 7.49. The van der Waals surface area contributed by atoms with Gasteiger partial charge in [-0.25, -0.2) is 9.67 Å². The maximum absolute atomic E-state index is 12.7. The van der Waals surface area contributed by atoms with E-state index >= 15 is 0 Å². The van der Waals surface area contributed by atoms with Crippen molar-refractivity contribution in [1.29, 1.82) is 0 Å². The Labute approximate surface area is 119 Å². The molecule has 3 heterocycles. The first-order chi connectivity index (χ1) is 9.69. The number of carbonyl (C=O) groups excluding carboxylic acids is 1. The van der Waals surface area contributed by atoms with Gasteiger partial charge in [0, 0.05) is 13.2 Å². The second-order valence-corrected chi connectivity index (χ2v) is 5.62. The number of amides is 1. The van der Waals surface area contributed by atoms with Gasteiger partial charge < -0.3 is 9.64 Å². The fourth-order valence-electron chi connectivity index (χ4n) is 3.21. The van der Waals surface area contributed by atoms with E-state index in [2.05, 4.69) is 17.0 Å². The molecule has 0 saturated carbocycles. The van der Waals surface area contributed by atoms with Crippen LogP contribution in [0.25, 0.3) is 0 Å². The predicted octanol–water partition coefficient (Wildman–Crippen LogP) is 1.13. The number of aromatic nitrogens is 3. The van der Waals surface area contributed by atoms with E-state index in [0.717, 1.165) is 50.6 Å². The highest BCUT2D eigenvalue weighted by Crippen LogP contribution is 2.26. The highest BCUT2D eigenvalue weighted by atomic mass is 16.5. The molecular weight excluding hydrogens is 256 g/mol. The van der Waals surface area contributed by atoms with E-state index in [1.807, 2.05) is 16.5 Å². The highest BCUT2D eigenvalue weighted by molar-refractivity contribution is 5.79. The minimum atomic E-state index is 0.0179. The number of ether oxygens (including phenoxy) is 1. The van der Waals surface area contributed by atoms with Crippen molar-refractivity contribution in [1.82, 2.24) is 19.7 Å². The lowest BCUT2D eigenvalue weighted by molar-refractivity contribution is -0.146. The molecule has 1 fully saturated rings. The fraction of sp³-hybridized carbons (Fsp3) is 0.786. The smallest absolute Gasteiger partial charge is 0.228 e. The molecule has 2 aliphatic heterocycles. The summed E-state index contributed by atoms with van der Waals surface area (Å²) in [6.45, 7) is 6.81. The van der Waals surface area contributed by atoms with E-state index in [9.17, 15) is 4.79 Å². The van der Waals surface area contributed by atoms with E-state index < -0.39 is 0 Å². The number of hydrogen-bond acceptors (Lipinski definition) is 4. The molecule has 6 nitrogen and oxygen atoms in total. The summed E-state index contributed by atoms with van der Waals surface area (Å²) in [7, 11) is 0. The molecule has 1 aromatic heterocycles. The van der Waals surface area contributed by atoms with Crippen molar-refractivity contribution in [2.45, 2.75) is 52.3 Å². The van der Waals surface area contributed by atoms with Crippen molar-refractivity contribution in [3.63, 3.8) is 0 Å². The van der Waals surface area contributed by atoms with Gasteiger partial charge in [-0.2, -0.15) is 5.10 Å². The zero-order chi connectivity index (χ0) is 14.1. The van der Waals surface area contributed by atoms with Crippen molar-refractivity contribution in [2.75, 3.05) is 13.2 Å². The Morgan fingerprint density at radius 3 is 3.10 bits per heavy atom. The second-order valence-electron chi connectivity index (χ2n) is 5.62. The summed E-state index contributed by atoms with van der Waals surface area (Å²) in [5, 5.41) is 4.33. The second kappa shape index (κ2) is 5.52. The highest BCUT2D eigenvalue weighted by Gasteiger charge is 2.35. The molecule has 1 saturated heterocycles. The SMILES string of the molecule is CC[C@H]1OCCC[C@@H]1C(=O)N1CCn2nc(C)nc2C1. The van der Waals surface area contributed by atoms with Crippen LogP contribution in [0.3, 0.4) is 0 Å². The number of fused-ring (bicyclic) bond motifs is 1. The standard InChI is InChI=1S/C14H22N4O2/c1-3-12-11(5-4-8-20-12)14(19)17-6-7-18-13(9-17)15-10(2)16-18/h11-12H,3-9H2,1-2H3/t11-,12+/m0/s1. The zero-order valence-electron chi connectivity index (χ0n) is 12.2. The van der Waals surface area contributed by atoms with Gasteiger partial charge in [0.1, 0.15) is 11.6 Å². The molecule has 2 atom stereocenters. The molecule has 0 bridgehead atoms. The molecule has 0 aromatic carbocycles. The Morgan fingerprint density at radius 1 is 1.45 bits per heavy atom. The van der Waals surface area contributed by atoms with Gasteiger partial charge in [0.25, 0.3) is 0 Å². The minimum Gasteiger partial charge on any atom is -0.377 e. The molecular formula is C14H22N4O2. The molecule has 1 aromatic rings. The van der Waals surface area contributed by atoms with Crippen molar-refractivity contribution < 1.29 is 9.53 Å². The third-order valence-corrected chi connectivity index (χ3v) is 4.24. The first kappa shape index (κ1) is 13.5. The van der Waals surface area contributed by atoms with E-state index in [1.54, 1.807) is 0 Å². The van der Waals surface area contributed by atoms with Crippen LogP contribution in [0.2, 0.25) is 0 Å². The van der Waals surface area contributed by atoms with Gasteiger partial charge in [-0.15, -0.1) is 0 Å². The maximum atomic E-state index is 12.7. The fourth-order valence-corrected chi connectivity index (χ4v) is 3.21. The third kappa shape index (κ3) is 2.44. The molecule has 20 heavy (non-hydrogen) atoms. The van der Waals surface area contributed by atoms with Crippen molar-refractivity contribution in [3.8, 4) is 0 Å². The van der Waals surface area contributed by atoms with Crippen LogP contribution in [-0.4, -0.2) is 44.8 Å². The molecule has 0 spiro atoms. The van der Waals surface area contributed by atoms with Gasteiger partial charge in [-0.05, 0) is 26.2 Å². The van der Waals surface area contributed by atoms with Crippen LogP contribution in [0.1, 0.15) is 37.8 Å². The van der Waals surface area contributed by atoms with Crippen molar-refractivity contribution >= 4 is 5.91 Å². The Hall–Kier alpha value is -1.43.